The molecule has 0 radical (unpaired) electrons. The molecule has 0 aromatic heterocycles. The highest BCUT2D eigenvalue weighted by Crippen LogP contribution is 2.19. The van der Waals surface area contributed by atoms with Gasteiger partial charge in [0.15, 0.2) is 6.10 Å². The zero-order chi connectivity index (χ0) is 56.4. The lowest BCUT2D eigenvalue weighted by Crippen LogP contribution is -2.30. The average molecular weight is 1090 g/mol. The molecule has 0 amide bonds. The van der Waals surface area contributed by atoms with Crippen molar-refractivity contribution in [1.29, 1.82) is 0 Å². The summed E-state index contributed by atoms with van der Waals surface area (Å²) in [6.45, 7) is 6.51. The van der Waals surface area contributed by atoms with E-state index >= 15 is 0 Å². The molecule has 1 unspecified atom stereocenters. The summed E-state index contributed by atoms with van der Waals surface area (Å²) < 4.78 is 16.8. The molecule has 0 aliphatic carbocycles. The predicted molar refractivity (Wildman–Crippen MR) is 339 cm³/mol. The Morgan fingerprint density at radius 1 is 0.269 bits per heavy atom. The summed E-state index contributed by atoms with van der Waals surface area (Å²) in [6, 6.07) is 0. The molecular formula is C72H132O6. The van der Waals surface area contributed by atoms with Crippen LogP contribution in [-0.4, -0.2) is 37.2 Å². The first-order valence-electron chi connectivity index (χ1n) is 34.6. The van der Waals surface area contributed by atoms with E-state index in [0.717, 1.165) is 89.9 Å². The van der Waals surface area contributed by atoms with Crippen LogP contribution in [0.2, 0.25) is 0 Å². The summed E-state index contributed by atoms with van der Waals surface area (Å²) in [7, 11) is 0. The number of hydrogen-bond acceptors (Lipinski definition) is 6. The van der Waals surface area contributed by atoms with Gasteiger partial charge >= 0.3 is 17.9 Å². The van der Waals surface area contributed by atoms with Crippen molar-refractivity contribution >= 4 is 17.9 Å². The predicted octanol–water partition coefficient (Wildman–Crippen LogP) is 23.7. The minimum Gasteiger partial charge on any atom is -0.462 e. The number of esters is 3. The fourth-order valence-corrected chi connectivity index (χ4v) is 10.4. The normalized spacial score (nSPS) is 12.3. The van der Waals surface area contributed by atoms with E-state index in [1.807, 2.05) is 0 Å². The van der Waals surface area contributed by atoms with Crippen LogP contribution in [0.15, 0.2) is 48.6 Å². The fourth-order valence-electron chi connectivity index (χ4n) is 10.4. The molecule has 0 rings (SSSR count). The standard InChI is InChI=1S/C72H132O6/c1-4-7-10-13-15-17-19-21-23-25-27-29-31-33-34-35-36-37-38-39-41-42-44-46-48-50-52-54-56-59-62-65-71(74)77-68-69(67-76-70(73)64-61-58-12-9-6-3)78-72(75)66-63-60-57-55-53-51-49-47-45-43-40-32-30-28-26-24-22-20-18-16-14-11-8-5-2/h7,10,15,17,21,23,27,29,69H,4-6,8-9,11-14,16,18-20,22,24-26,28,30-68H2,1-3H3/b10-7-,17-15-,23-21-,29-27-. The first-order chi connectivity index (χ1) is 38.5. The van der Waals surface area contributed by atoms with E-state index in [9.17, 15) is 14.4 Å². The van der Waals surface area contributed by atoms with Crippen LogP contribution in [0.3, 0.4) is 0 Å². The molecule has 0 saturated carbocycles. The second-order valence-corrected chi connectivity index (χ2v) is 23.4. The van der Waals surface area contributed by atoms with Gasteiger partial charge in [0, 0.05) is 19.3 Å². The molecule has 0 bridgehead atoms. The van der Waals surface area contributed by atoms with Crippen LogP contribution >= 0.6 is 0 Å². The molecule has 0 spiro atoms. The molecule has 6 heteroatoms. The topological polar surface area (TPSA) is 78.9 Å². The molecule has 0 aromatic carbocycles. The molecule has 78 heavy (non-hydrogen) atoms. The van der Waals surface area contributed by atoms with Crippen LogP contribution in [0.1, 0.15) is 374 Å². The second kappa shape index (κ2) is 66.9. The molecule has 0 heterocycles. The van der Waals surface area contributed by atoms with Gasteiger partial charge in [0.25, 0.3) is 0 Å². The lowest BCUT2D eigenvalue weighted by atomic mass is 10.0. The summed E-state index contributed by atoms with van der Waals surface area (Å²) in [5, 5.41) is 0. The van der Waals surface area contributed by atoms with Crippen molar-refractivity contribution in [2.75, 3.05) is 13.2 Å². The average Bonchev–Trinajstić information content (AvgIpc) is 3.44. The van der Waals surface area contributed by atoms with Crippen molar-refractivity contribution < 1.29 is 28.6 Å². The number of carbonyl (C=O) groups excluding carboxylic acids is 3. The summed E-state index contributed by atoms with van der Waals surface area (Å²) in [6.07, 6.45) is 84.9. The smallest absolute Gasteiger partial charge is 0.306 e. The number of unbranched alkanes of at least 4 members (excludes halogenated alkanes) is 45. The van der Waals surface area contributed by atoms with Gasteiger partial charge in [-0.25, -0.2) is 0 Å². The van der Waals surface area contributed by atoms with Crippen molar-refractivity contribution in [3.05, 3.63) is 48.6 Å². The van der Waals surface area contributed by atoms with E-state index in [-0.39, 0.29) is 31.1 Å². The van der Waals surface area contributed by atoms with Crippen LogP contribution in [0, 0.1) is 0 Å². The Morgan fingerprint density at radius 3 is 0.782 bits per heavy atom. The van der Waals surface area contributed by atoms with E-state index < -0.39 is 6.10 Å². The van der Waals surface area contributed by atoms with Crippen LogP contribution in [0.5, 0.6) is 0 Å². The monoisotopic (exact) mass is 1090 g/mol. The molecule has 456 valence electrons. The van der Waals surface area contributed by atoms with E-state index in [4.69, 9.17) is 14.2 Å². The Labute approximate surface area is 486 Å². The van der Waals surface area contributed by atoms with Gasteiger partial charge in [0.1, 0.15) is 13.2 Å². The number of allylic oxidation sites excluding steroid dienone is 8. The molecule has 0 aromatic rings. The van der Waals surface area contributed by atoms with E-state index in [0.29, 0.717) is 19.3 Å². The van der Waals surface area contributed by atoms with Gasteiger partial charge in [0.05, 0.1) is 0 Å². The van der Waals surface area contributed by atoms with Gasteiger partial charge < -0.3 is 14.2 Å². The third-order valence-corrected chi connectivity index (χ3v) is 15.6. The van der Waals surface area contributed by atoms with Crippen molar-refractivity contribution in [2.24, 2.45) is 0 Å². The van der Waals surface area contributed by atoms with Gasteiger partial charge in [-0.15, -0.1) is 0 Å². The Kier molecular flexibility index (Phi) is 64.6. The Morgan fingerprint density at radius 2 is 0.500 bits per heavy atom. The lowest BCUT2D eigenvalue weighted by molar-refractivity contribution is -0.167. The maximum absolute atomic E-state index is 12.8. The Hall–Kier alpha value is -2.63. The quantitative estimate of drug-likeness (QED) is 0.0261. The summed E-state index contributed by atoms with van der Waals surface area (Å²) >= 11 is 0. The molecule has 0 aliphatic heterocycles. The molecule has 0 N–H and O–H groups in total. The molecular weight excluding hydrogens is 961 g/mol. The van der Waals surface area contributed by atoms with Gasteiger partial charge in [-0.1, -0.05) is 345 Å². The van der Waals surface area contributed by atoms with Crippen molar-refractivity contribution in [3.8, 4) is 0 Å². The second-order valence-electron chi connectivity index (χ2n) is 23.4. The minimum atomic E-state index is -0.766. The largest absolute Gasteiger partial charge is 0.462 e. The van der Waals surface area contributed by atoms with Crippen LogP contribution in [0.25, 0.3) is 0 Å². The first kappa shape index (κ1) is 75.4. The van der Waals surface area contributed by atoms with Crippen molar-refractivity contribution in [3.63, 3.8) is 0 Å². The third-order valence-electron chi connectivity index (χ3n) is 15.6. The maximum Gasteiger partial charge on any atom is 0.306 e. The number of hydrogen-bond donors (Lipinski definition) is 0. The van der Waals surface area contributed by atoms with Crippen molar-refractivity contribution in [2.45, 2.75) is 380 Å². The zero-order valence-corrected chi connectivity index (χ0v) is 52.5. The Bertz CT molecular complexity index is 1350. The third kappa shape index (κ3) is 64.2. The highest BCUT2D eigenvalue weighted by Gasteiger charge is 2.19. The number of rotatable bonds is 64. The molecule has 0 saturated heterocycles. The van der Waals surface area contributed by atoms with Gasteiger partial charge in [-0.2, -0.15) is 0 Å². The van der Waals surface area contributed by atoms with Crippen LogP contribution in [-0.2, 0) is 28.6 Å². The van der Waals surface area contributed by atoms with Gasteiger partial charge in [-0.05, 0) is 57.8 Å². The first-order valence-corrected chi connectivity index (χ1v) is 34.6. The lowest BCUT2D eigenvalue weighted by Gasteiger charge is -2.18. The van der Waals surface area contributed by atoms with Gasteiger partial charge in [-0.3, -0.25) is 14.4 Å². The number of carbonyl (C=O) groups is 3. The summed E-state index contributed by atoms with van der Waals surface area (Å²) in [4.78, 5) is 38.0. The number of ether oxygens (including phenoxy) is 3. The zero-order valence-electron chi connectivity index (χ0n) is 52.5. The van der Waals surface area contributed by atoms with Crippen LogP contribution < -0.4 is 0 Å². The Balaban J connectivity index is 3.92. The van der Waals surface area contributed by atoms with E-state index in [2.05, 4.69) is 69.4 Å². The summed E-state index contributed by atoms with van der Waals surface area (Å²) in [5.74, 6) is -0.856. The highest BCUT2D eigenvalue weighted by atomic mass is 16.6. The molecule has 1 atom stereocenters. The maximum atomic E-state index is 12.8. The van der Waals surface area contributed by atoms with E-state index in [1.165, 1.54) is 244 Å². The fraction of sp³-hybridized carbons (Fsp3) is 0.847. The molecule has 6 nitrogen and oxygen atoms in total. The van der Waals surface area contributed by atoms with Gasteiger partial charge in [0.2, 0.25) is 0 Å². The highest BCUT2D eigenvalue weighted by molar-refractivity contribution is 5.71. The molecule has 0 fully saturated rings. The summed E-state index contributed by atoms with van der Waals surface area (Å²) in [5.41, 5.74) is 0. The van der Waals surface area contributed by atoms with E-state index in [1.54, 1.807) is 0 Å². The van der Waals surface area contributed by atoms with Crippen molar-refractivity contribution in [1.82, 2.24) is 0 Å². The molecule has 0 aliphatic rings. The van der Waals surface area contributed by atoms with Crippen LogP contribution in [0.4, 0.5) is 0 Å². The minimum absolute atomic E-state index is 0.0671. The SMILES string of the molecule is CC/C=C\C/C=C\C/C=C\C/C=C\CCCCCCCCCCCCCCCCCCCCC(=O)OCC(COC(=O)CCCCCCC)OC(=O)CCCCCCCCCCCCCCCCCCCCCCCCCC.